The first kappa shape index (κ1) is 60.2. The van der Waals surface area contributed by atoms with Crippen LogP contribution in [0.15, 0.2) is 48.6 Å². The van der Waals surface area contributed by atoms with Crippen molar-refractivity contribution in [1.29, 1.82) is 0 Å². The Morgan fingerprint density at radius 2 is 0.905 bits per heavy atom. The first-order chi connectivity index (χ1) is 30.6. The van der Waals surface area contributed by atoms with Crippen LogP contribution in [0.3, 0.4) is 0 Å². The third-order valence-corrected chi connectivity index (χ3v) is 11.1. The molecule has 1 N–H and O–H groups in total. The van der Waals surface area contributed by atoms with Crippen molar-refractivity contribution in [2.75, 3.05) is 47.5 Å². The summed E-state index contributed by atoms with van der Waals surface area (Å²) in [7, 11) is 5.96. The van der Waals surface area contributed by atoms with Crippen molar-refractivity contribution in [3.63, 3.8) is 0 Å². The highest BCUT2D eigenvalue weighted by Crippen LogP contribution is 2.16. The van der Waals surface area contributed by atoms with E-state index in [0.717, 1.165) is 64.2 Å². The van der Waals surface area contributed by atoms with Crippen LogP contribution < -0.4 is 0 Å². The zero-order valence-corrected chi connectivity index (χ0v) is 41.5. The van der Waals surface area contributed by atoms with Crippen molar-refractivity contribution >= 4 is 17.9 Å². The van der Waals surface area contributed by atoms with Crippen molar-refractivity contribution in [1.82, 2.24) is 0 Å². The quantitative estimate of drug-likeness (QED) is 0.0212. The van der Waals surface area contributed by atoms with Gasteiger partial charge in [0.25, 0.3) is 6.29 Å². The van der Waals surface area contributed by atoms with E-state index in [1.165, 1.54) is 128 Å². The molecule has 0 aliphatic rings. The molecule has 0 aromatic rings. The molecule has 63 heavy (non-hydrogen) atoms. The number of carbonyl (C=O) groups excluding carboxylic acids is 2. The number of nitrogens with zero attached hydrogens (tertiary/aromatic N) is 1. The van der Waals surface area contributed by atoms with E-state index in [2.05, 4.69) is 62.5 Å². The fourth-order valence-electron chi connectivity index (χ4n) is 7.12. The predicted octanol–water partition coefficient (Wildman–Crippen LogP) is 14.3. The molecule has 0 aliphatic carbocycles. The van der Waals surface area contributed by atoms with Gasteiger partial charge in [-0.25, -0.2) is 4.79 Å². The summed E-state index contributed by atoms with van der Waals surface area (Å²) in [6.07, 6.45) is 51.8. The van der Waals surface area contributed by atoms with E-state index in [-0.39, 0.29) is 32.2 Å². The van der Waals surface area contributed by atoms with Crippen molar-refractivity contribution in [3.05, 3.63) is 48.6 Å². The smallest absolute Gasteiger partial charge is 0.361 e. The van der Waals surface area contributed by atoms with Gasteiger partial charge < -0.3 is 28.5 Å². The van der Waals surface area contributed by atoms with Gasteiger partial charge in [-0.2, -0.15) is 0 Å². The number of hydrogen-bond donors (Lipinski definition) is 1. The van der Waals surface area contributed by atoms with E-state index < -0.39 is 24.3 Å². The molecule has 2 unspecified atom stereocenters. The summed E-state index contributed by atoms with van der Waals surface area (Å²) in [5, 5.41) is 9.65. The van der Waals surface area contributed by atoms with Crippen LogP contribution in [0.1, 0.15) is 219 Å². The molecule has 0 heterocycles. The summed E-state index contributed by atoms with van der Waals surface area (Å²) >= 11 is 0. The zero-order chi connectivity index (χ0) is 46.3. The van der Waals surface area contributed by atoms with Crippen LogP contribution >= 0.6 is 0 Å². The van der Waals surface area contributed by atoms with E-state index in [1.807, 2.05) is 21.1 Å². The standard InChI is InChI=1S/C54H97NO8/c1-6-8-10-12-14-16-18-19-20-21-22-23-24-25-26-27-28-29-30-31-32-33-35-37-39-41-43-45-52(57)63-50(49-62-54(53(58)59)60-47-46-55(3,4)5)48-61-51(56)44-42-40-38-36-34-17-15-13-11-9-7-2/h8,10,14,16,19-20,22-23,50,54H,6-7,9,11-13,15,17-18,21,24-49H2,1-5H3/p+1/b10-8-,16-14-,20-19-,23-22-. The van der Waals surface area contributed by atoms with E-state index in [0.29, 0.717) is 17.4 Å². The molecule has 0 saturated carbocycles. The number of aliphatic carboxylic acids is 1. The number of carbonyl (C=O) groups is 3. The molecule has 9 heteroatoms. The first-order valence-electron chi connectivity index (χ1n) is 25.8. The third-order valence-electron chi connectivity index (χ3n) is 11.1. The average molecular weight is 889 g/mol. The van der Waals surface area contributed by atoms with Crippen LogP contribution in [0.2, 0.25) is 0 Å². The lowest BCUT2D eigenvalue weighted by molar-refractivity contribution is -0.870. The molecule has 0 fully saturated rings. The Balaban J connectivity index is 4.19. The molecule has 0 rings (SSSR count). The SMILES string of the molecule is CC/C=C\C/C=C\C/C=C\C/C=C\CCCCCCCCCCCCCCCCC(=O)OC(COC(=O)CCCCCCCCCCCCC)COC(OCC[N+](C)(C)C)C(=O)O. The Morgan fingerprint density at radius 1 is 0.492 bits per heavy atom. The molecule has 0 spiro atoms. The van der Waals surface area contributed by atoms with Crippen LogP contribution in [-0.4, -0.2) is 87.4 Å². The van der Waals surface area contributed by atoms with E-state index in [4.69, 9.17) is 18.9 Å². The summed E-state index contributed by atoms with van der Waals surface area (Å²) in [6.45, 7) is 4.76. The number of rotatable bonds is 47. The van der Waals surface area contributed by atoms with Gasteiger partial charge in [-0.05, 0) is 51.4 Å². The Labute approximate surface area is 387 Å². The van der Waals surface area contributed by atoms with Crippen molar-refractivity contribution in [3.8, 4) is 0 Å². The number of hydrogen-bond acceptors (Lipinski definition) is 7. The summed E-state index contributed by atoms with van der Waals surface area (Å²) in [4.78, 5) is 37.2. The normalized spacial score (nSPS) is 13.2. The van der Waals surface area contributed by atoms with Crippen LogP contribution in [0.5, 0.6) is 0 Å². The summed E-state index contributed by atoms with van der Waals surface area (Å²) in [5.41, 5.74) is 0. The van der Waals surface area contributed by atoms with Gasteiger partial charge in [-0.3, -0.25) is 9.59 Å². The molecular weight excluding hydrogens is 791 g/mol. The number of carboxylic acids is 1. The minimum atomic E-state index is -1.51. The largest absolute Gasteiger partial charge is 0.477 e. The number of allylic oxidation sites excluding steroid dienone is 8. The molecule has 0 amide bonds. The summed E-state index contributed by atoms with van der Waals surface area (Å²) < 4.78 is 22.8. The molecule has 0 aromatic carbocycles. The lowest BCUT2D eigenvalue weighted by Gasteiger charge is -2.25. The predicted molar refractivity (Wildman–Crippen MR) is 263 cm³/mol. The molecular formula is C54H98NO8+. The first-order valence-corrected chi connectivity index (χ1v) is 25.8. The van der Waals surface area contributed by atoms with E-state index >= 15 is 0 Å². The van der Waals surface area contributed by atoms with Gasteiger partial charge in [-0.1, -0.05) is 204 Å². The highest BCUT2D eigenvalue weighted by atomic mass is 16.7. The van der Waals surface area contributed by atoms with Gasteiger partial charge in [0.1, 0.15) is 13.2 Å². The fraction of sp³-hybridized carbons (Fsp3) is 0.796. The second-order valence-corrected chi connectivity index (χ2v) is 18.5. The van der Waals surface area contributed by atoms with Crippen molar-refractivity contribution in [2.24, 2.45) is 0 Å². The molecule has 0 aromatic heterocycles. The summed E-state index contributed by atoms with van der Waals surface area (Å²) in [6, 6.07) is 0. The summed E-state index contributed by atoms with van der Waals surface area (Å²) in [5.74, 6) is -2.00. The number of carboxylic acid groups (broad SMARTS) is 1. The third kappa shape index (κ3) is 47.0. The second kappa shape index (κ2) is 45.8. The van der Waals surface area contributed by atoms with Crippen LogP contribution in [0, 0.1) is 0 Å². The van der Waals surface area contributed by atoms with Gasteiger partial charge in [0, 0.05) is 12.8 Å². The van der Waals surface area contributed by atoms with Crippen LogP contribution in [0.25, 0.3) is 0 Å². The zero-order valence-electron chi connectivity index (χ0n) is 41.5. The molecule has 0 bridgehead atoms. The number of esters is 2. The molecule has 0 aliphatic heterocycles. The molecule has 2 atom stereocenters. The monoisotopic (exact) mass is 889 g/mol. The molecule has 9 nitrogen and oxygen atoms in total. The Kier molecular flexibility index (Phi) is 43.8. The van der Waals surface area contributed by atoms with Gasteiger partial charge in [-0.15, -0.1) is 0 Å². The highest BCUT2D eigenvalue weighted by Gasteiger charge is 2.25. The Bertz CT molecular complexity index is 1170. The molecule has 366 valence electrons. The topological polar surface area (TPSA) is 108 Å². The lowest BCUT2D eigenvalue weighted by Crippen LogP contribution is -2.40. The van der Waals surface area contributed by atoms with Crippen LogP contribution in [0.4, 0.5) is 0 Å². The van der Waals surface area contributed by atoms with Gasteiger partial charge in [0.15, 0.2) is 6.10 Å². The van der Waals surface area contributed by atoms with Crippen molar-refractivity contribution < 1.29 is 42.9 Å². The minimum absolute atomic E-state index is 0.179. The fourth-order valence-corrected chi connectivity index (χ4v) is 7.12. The average Bonchev–Trinajstić information content (AvgIpc) is 3.24. The number of quaternary nitrogens is 1. The van der Waals surface area contributed by atoms with E-state index in [9.17, 15) is 19.5 Å². The lowest BCUT2D eigenvalue weighted by atomic mass is 10.0. The molecule has 0 saturated heterocycles. The minimum Gasteiger partial charge on any atom is -0.477 e. The Hall–Kier alpha value is -2.75. The number of unbranched alkanes of at least 4 members (excludes halogenated alkanes) is 24. The van der Waals surface area contributed by atoms with Gasteiger partial charge in [0.05, 0.1) is 34.4 Å². The highest BCUT2D eigenvalue weighted by molar-refractivity contribution is 5.71. The maximum atomic E-state index is 12.8. The van der Waals surface area contributed by atoms with Gasteiger partial charge in [0.2, 0.25) is 0 Å². The van der Waals surface area contributed by atoms with Crippen LogP contribution in [-0.2, 0) is 33.3 Å². The van der Waals surface area contributed by atoms with Crippen molar-refractivity contribution in [2.45, 2.75) is 232 Å². The van der Waals surface area contributed by atoms with Gasteiger partial charge >= 0.3 is 17.9 Å². The molecule has 0 radical (unpaired) electrons. The maximum absolute atomic E-state index is 12.8. The number of ether oxygens (including phenoxy) is 4. The maximum Gasteiger partial charge on any atom is 0.361 e. The Morgan fingerprint density at radius 3 is 1.35 bits per heavy atom. The number of likely N-dealkylation sites (N-methyl/N-ethyl adjacent to an activating group) is 1. The second-order valence-electron chi connectivity index (χ2n) is 18.5. The van der Waals surface area contributed by atoms with E-state index in [1.54, 1.807) is 0 Å².